The fourth-order valence-corrected chi connectivity index (χ4v) is 4.13. The lowest BCUT2D eigenvalue weighted by atomic mass is 9.99. The van der Waals surface area contributed by atoms with Crippen molar-refractivity contribution in [2.45, 2.75) is 25.5 Å². The number of aromatic nitrogens is 1. The average Bonchev–Trinajstić information content (AvgIpc) is 2.60. The number of rotatable bonds is 4. The Kier molecular flexibility index (Phi) is 5.41. The van der Waals surface area contributed by atoms with Gasteiger partial charge in [-0.3, -0.25) is 9.78 Å². The zero-order valence-corrected chi connectivity index (χ0v) is 16.0. The van der Waals surface area contributed by atoms with Crippen molar-refractivity contribution in [2.75, 3.05) is 19.3 Å². The van der Waals surface area contributed by atoms with Crippen LogP contribution < -0.4 is 0 Å². The zero-order chi connectivity index (χ0) is 18.7. The van der Waals surface area contributed by atoms with Gasteiger partial charge in [-0.25, -0.2) is 8.42 Å². The van der Waals surface area contributed by atoms with Crippen molar-refractivity contribution in [2.24, 2.45) is 5.92 Å². The third kappa shape index (κ3) is 4.69. The summed E-state index contributed by atoms with van der Waals surface area (Å²) in [6.45, 7) is 3.80. The minimum atomic E-state index is -3.08. The molecule has 2 aromatic rings. The molecule has 2 heterocycles. The molecule has 138 valence electrons. The average molecular weight is 372 g/mol. The Balaban J connectivity index is 1.79. The maximum atomic E-state index is 12.8. The maximum absolute atomic E-state index is 12.8. The predicted molar refractivity (Wildman–Crippen MR) is 103 cm³/mol. The Morgan fingerprint density at radius 1 is 1.27 bits per heavy atom. The number of likely N-dealkylation sites (tertiary alicyclic amines) is 1. The van der Waals surface area contributed by atoms with Crippen molar-refractivity contribution in [1.29, 1.82) is 0 Å². The van der Waals surface area contributed by atoms with Gasteiger partial charge in [0.05, 0.1) is 11.4 Å². The van der Waals surface area contributed by atoms with Crippen molar-refractivity contribution in [3.8, 4) is 11.3 Å². The van der Waals surface area contributed by atoms with Crippen molar-refractivity contribution in [3.05, 3.63) is 53.7 Å². The van der Waals surface area contributed by atoms with Crippen LogP contribution in [0.15, 0.2) is 42.6 Å². The molecular formula is C20H24N2O3S. The Bertz CT molecular complexity index is 892. The van der Waals surface area contributed by atoms with Crippen LogP contribution in [0, 0.1) is 5.92 Å². The highest BCUT2D eigenvalue weighted by atomic mass is 32.2. The van der Waals surface area contributed by atoms with E-state index in [1.54, 1.807) is 18.3 Å². The summed E-state index contributed by atoms with van der Waals surface area (Å²) in [7, 11) is -3.08. The molecule has 1 unspecified atom stereocenters. The summed E-state index contributed by atoms with van der Waals surface area (Å²) in [5, 5.41) is 0. The maximum Gasteiger partial charge on any atom is 0.253 e. The van der Waals surface area contributed by atoms with E-state index in [2.05, 4.69) is 11.9 Å². The lowest BCUT2D eigenvalue weighted by molar-refractivity contribution is 0.0683. The molecule has 5 nitrogen and oxygen atoms in total. The second-order valence-electron chi connectivity index (χ2n) is 7.20. The summed E-state index contributed by atoms with van der Waals surface area (Å²) in [5.74, 6) is 0.582. The second-order valence-corrected chi connectivity index (χ2v) is 9.34. The lowest BCUT2D eigenvalue weighted by Crippen LogP contribution is -2.39. The van der Waals surface area contributed by atoms with E-state index in [1.165, 1.54) is 12.7 Å². The van der Waals surface area contributed by atoms with Crippen LogP contribution in [-0.4, -0.2) is 43.6 Å². The number of amides is 1. The minimum Gasteiger partial charge on any atom is -0.338 e. The van der Waals surface area contributed by atoms with Gasteiger partial charge in [-0.15, -0.1) is 0 Å². The van der Waals surface area contributed by atoms with Gasteiger partial charge >= 0.3 is 0 Å². The third-order valence-corrected chi connectivity index (χ3v) is 5.46. The Labute approximate surface area is 155 Å². The van der Waals surface area contributed by atoms with Crippen LogP contribution in [0.25, 0.3) is 11.3 Å². The fourth-order valence-electron chi connectivity index (χ4n) is 3.35. The van der Waals surface area contributed by atoms with Crippen LogP contribution in [0.5, 0.6) is 0 Å². The zero-order valence-electron chi connectivity index (χ0n) is 15.2. The van der Waals surface area contributed by atoms with E-state index in [9.17, 15) is 13.2 Å². The van der Waals surface area contributed by atoms with Gasteiger partial charge in [-0.1, -0.05) is 25.1 Å². The standard InChI is InChI=1S/C20H24N2O3S/c1-15-5-4-10-22(13-15)20(23)18-7-3-6-17(11-18)19-9-8-16(12-21-19)14-26(2,24)25/h3,6-9,11-12,15H,4-5,10,13-14H2,1-2H3. The first-order valence-corrected chi connectivity index (χ1v) is 10.9. The first kappa shape index (κ1) is 18.6. The Morgan fingerprint density at radius 3 is 2.73 bits per heavy atom. The van der Waals surface area contributed by atoms with Crippen LogP contribution in [0.1, 0.15) is 35.7 Å². The first-order chi connectivity index (χ1) is 12.3. The van der Waals surface area contributed by atoms with Crippen molar-refractivity contribution in [3.63, 3.8) is 0 Å². The van der Waals surface area contributed by atoms with E-state index < -0.39 is 9.84 Å². The van der Waals surface area contributed by atoms with Gasteiger partial charge in [0.25, 0.3) is 5.91 Å². The van der Waals surface area contributed by atoms with Crippen molar-refractivity contribution < 1.29 is 13.2 Å². The summed E-state index contributed by atoms with van der Waals surface area (Å²) >= 11 is 0. The van der Waals surface area contributed by atoms with Gasteiger partial charge in [-0.05, 0) is 42.5 Å². The van der Waals surface area contributed by atoms with E-state index in [0.29, 0.717) is 17.0 Å². The summed E-state index contributed by atoms with van der Waals surface area (Å²) in [6.07, 6.45) is 5.01. The van der Waals surface area contributed by atoms with Gasteiger partial charge in [-0.2, -0.15) is 0 Å². The molecule has 26 heavy (non-hydrogen) atoms. The van der Waals surface area contributed by atoms with Gasteiger partial charge in [0.15, 0.2) is 9.84 Å². The highest BCUT2D eigenvalue weighted by molar-refractivity contribution is 7.89. The second kappa shape index (κ2) is 7.58. The molecule has 0 aliphatic carbocycles. The normalized spacial score (nSPS) is 17.9. The van der Waals surface area contributed by atoms with Gasteiger partial charge in [0, 0.05) is 36.7 Å². The predicted octanol–water partition coefficient (Wildman–Crippen LogP) is 3.17. The number of hydrogen-bond acceptors (Lipinski definition) is 4. The SMILES string of the molecule is CC1CCCN(C(=O)c2cccc(-c3ccc(CS(C)(=O)=O)cn3)c2)C1. The van der Waals surface area contributed by atoms with Crippen LogP contribution in [-0.2, 0) is 15.6 Å². The fraction of sp³-hybridized carbons (Fsp3) is 0.400. The molecule has 1 aromatic heterocycles. The molecule has 1 fully saturated rings. The number of pyridine rings is 1. The van der Waals surface area contributed by atoms with E-state index in [-0.39, 0.29) is 11.7 Å². The van der Waals surface area contributed by atoms with E-state index >= 15 is 0 Å². The number of nitrogens with zero attached hydrogens (tertiary/aromatic N) is 2. The minimum absolute atomic E-state index is 0.0219. The molecule has 0 radical (unpaired) electrons. The van der Waals surface area contributed by atoms with Crippen LogP contribution in [0.2, 0.25) is 0 Å². The Morgan fingerprint density at radius 2 is 2.08 bits per heavy atom. The van der Waals surface area contributed by atoms with Crippen molar-refractivity contribution in [1.82, 2.24) is 9.88 Å². The summed E-state index contributed by atoms with van der Waals surface area (Å²) in [5.41, 5.74) is 2.90. The Hall–Kier alpha value is -2.21. The van der Waals surface area contributed by atoms with Crippen LogP contribution >= 0.6 is 0 Å². The van der Waals surface area contributed by atoms with Gasteiger partial charge in [0.2, 0.25) is 0 Å². The molecule has 1 amide bonds. The number of benzene rings is 1. The molecule has 6 heteroatoms. The van der Waals surface area contributed by atoms with Gasteiger partial charge < -0.3 is 4.90 Å². The van der Waals surface area contributed by atoms with E-state index in [4.69, 9.17) is 0 Å². The van der Waals surface area contributed by atoms with Crippen molar-refractivity contribution >= 4 is 15.7 Å². The number of carbonyl (C=O) groups is 1. The third-order valence-electron chi connectivity index (χ3n) is 4.60. The molecule has 1 aliphatic rings. The molecule has 1 aromatic carbocycles. The van der Waals surface area contributed by atoms with E-state index in [0.717, 1.165) is 30.8 Å². The first-order valence-electron chi connectivity index (χ1n) is 8.84. The smallest absolute Gasteiger partial charge is 0.253 e. The topological polar surface area (TPSA) is 67.3 Å². The van der Waals surface area contributed by atoms with Crippen LogP contribution in [0.3, 0.4) is 0 Å². The quantitative estimate of drug-likeness (QED) is 0.827. The number of piperidine rings is 1. The molecule has 1 saturated heterocycles. The molecule has 0 saturated carbocycles. The summed E-state index contributed by atoms with van der Waals surface area (Å²) in [4.78, 5) is 19.1. The molecule has 1 aliphatic heterocycles. The molecule has 0 N–H and O–H groups in total. The van der Waals surface area contributed by atoms with E-state index in [1.807, 2.05) is 29.2 Å². The largest absolute Gasteiger partial charge is 0.338 e. The molecule has 0 spiro atoms. The number of hydrogen-bond donors (Lipinski definition) is 0. The molecular weight excluding hydrogens is 348 g/mol. The summed E-state index contributed by atoms with van der Waals surface area (Å²) < 4.78 is 22.8. The molecule has 3 rings (SSSR count). The monoisotopic (exact) mass is 372 g/mol. The summed E-state index contributed by atoms with van der Waals surface area (Å²) in [6, 6.07) is 11.0. The lowest BCUT2D eigenvalue weighted by Gasteiger charge is -2.31. The molecule has 1 atom stereocenters. The highest BCUT2D eigenvalue weighted by Gasteiger charge is 2.22. The number of carbonyl (C=O) groups excluding carboxylic acids is 1. The molecule has 0 bridgehead atoms. The van der Waals surface area contributed by atoms with Gasteiger partial charge in [0.1, 0.15) is 0 Å². The van der Waals surface area contributed by atoms with Crippen LogP contribution in [0.4, 0.5) is 0 Å². The highest BCUT2D eigenvalue weighted by Crippen LogP contribution is 2.22. The number of sulfone groups is 1.